The number of rotatable bonds is 17. The summed E-state index contributed by atoms with van der Waals surface area (Å²) in [7, 11) is 1.10. The van der Waals surface area contributed by atoms with Gasteiger partial charge in [0.2, 0.25) is 0 Å². The van der Waals surface area contributed by atoms with Crippen LogP contribution in [0.1, 0.15) is 6.92 Å². The van der Waals surface area contributed by atoms with E-state index in [2.05, 4.69) is 4.74 Å². The van der Waals surface area contributed by atoms with Crippen LogP contribution in [0.25, 0.3) is 0 Å². The molecule has 5 N–H and O–H groups in total. The fourth-order valence-corrected chi connectivity index (χ4v) is 1.21. The van der Waals surface area contributed by atoms with Crippen LogP contribution in [0, 0.1) is 0 Å². The Morgan fingerprint density at radius 1 is 0.690 bits per heavy atom. The molecule has 0 aliphatic carbocycles. The van der Waals surface area contributed by atoms with Gasteiger partial charge in [-0.25, -0.2) is 4.79 Å². The second-order valence-corrected chi connectivity index (χ2v) is 5.01. The summed E-state index contributed by atoms with van der Waals surface area (Å²) >= 11 is 0. The highest BCUT2D eigenvalue weighted by atomic mass is 16.6. The third kappa shape index (κ3) is 46.7. The van der Waals surface area contributed by atoms with Crippen molar-refractivity contribution in [1.82, 2.24) is 0 Å². The van der Waals surface area contributed by atoms with Gasteiger partial charge in [0.1, 0.15) is 0 Å². The highest BCUT2D eigenvalue weighted by Crippen LogP contribution is 1.84. The van der Waals surface area contributed by atoms with E-state index in [0.29, 0.717) is 66.1 Å². The molecule has 0 bridgehead atoms. The smallest absolute Gasteiger partial charge is 0.450 e. The van der Waals surface area contributed by atoms with Gasteiger partial charge in [-0.1, -0.05) is 0 Å². The first-order valence-electron chi connectivity index (χ1n) is 9.12. The van der Waals surface area contributed by atoms with E-state index in [4.69, 9.17) is 54.0 Å². The summed E-state index contributed by atoms with van der Waals surface area (Å²) in [5, 5.41) is 41.3. The van der Waals surface area contributed by atoms with Gasteiger partial charge in [-0.05, 0) is 6.92 Å². The minimum atomic E-state index is -1.25. The number of methoxy groups -OCH3 is 1. The van der Waals surface area contributed by atoms with Crippen molar-refractivity contribution < 1.29 is 58.7 Å². The minimum Gasteiger partial charge on any atom is -0.450 e. The molecule has 0 rings (SSSR count). The van der Waals surface area contributed by atoms with E-state index in [9.17, 15) is 0 Å². The molecule has 0 saturated carbocycles. The van der Waals surface area contributed by atoms with Crippen LogP contribution >= 0.6 is 0 Å². The molecule has 0 aliphatic rings. The first-order valence-corrected chi connectivity index (χ1v) is 9.12. The van der Waals surface area contributed by atoms with Crippen molar-refractivity contribution in [1.29, 1.82) is 0 Å². The van der Waals surface area contributed by atoms with Crippen LogP contribution in [0.4, 0.5) is 4.79 Å². The number of aliphatic hydroxyl groups excluding tert-OH is 4. The lowest BCUT2D eigenvalue weighted by Gasteiger charge is -2.07. The normalized spacial score (nSPS) is 11.0. The molecule has 0 aromatic carbocycles. The van der Waals surface area contributed by atoms with Crippen molar-refractivity contribution in [3.05, 3.63) is 0 Å². The van der Waals surface area contributed by atoms with E-state index in [1.165, 1.54) is 0 Å². The van der Waals surface area contributed by atoms with Gasteiger partial charge < -0.3 is 54.0 Å². The summed E-state index contributed by atoms with van der Waals surface area (Å²) in [6.45, 7) is 6.08. The molecule has 29 heavy (non-hydrogen) atoms. The summed E-state index contributed by atoms with van der Waals surface area (Å²) in [4.78, 5) is 9.15. The largest absolute Gasteiger partial charge is 0.505 e. The van der Waals surface area contributed by atoms with Gasteiger partial charge in [0.15, 0.2) is 0 Å². The van der Waals surface area contributed by atoms with Gasteiger partial charge >= 0.3 is 6.16 Å². The predicted octanol–water partition coefficient (Wildman–Crippen LogP) is -1.28. The first kappa shape index (κ1) is 32.6. The van der Waals surface area contributed by atoms with Gasteiger partial charge in [0.25, 0.3) is 0 Å². The zero-order valence-electron chi connectivity index (χ0n) is 17.4. The SMILES string of the molecule is CC(O)COCCOCCOCCO.COC(=O)O.OCCOCCOCCO. The zero-order valence-corrected chi connectivity index (χ0v) is 17.4. The zero-order chi connectivity index (χ0) is 22.6. The molecule has 0 aromatic rings. The van der Waals surface area contributed by atoms with Crippen molar-refractivity contribution >= 4 is 6.16 Å². The second kappa shape index (κ2) is 31.6. The molecule has 12 heteroatoms. The highest BCUT2D eigenvalue weighted by molar-refractivity contribution is 5.56. The number of hydrogen-bond acceptors (Lipinski definition) is 11. The van der Waals surface area contributed by atoms with Crippen LogP contribution in [0.3, 0.4) is 0 Å². The molecule has 0 spiro atoms. The van der Waals surface area contributed by atoms with Gasteiger partial charge in [0.05, 0.1) is 99.1 Å². The summed E-state index contributed by atoms with van der Waals surface area (Å²) in [6, 6.07) is 0. The highest BCUT2D eigenvalue weighted by Gasteiger charge is 1.95. The number of aliphatic hydroxyl groups is 4. The van der Waals surface area contributed by atoms with Crippen molar-refractivity contribution in [3.8, 4) is 0 Å². The molecule has 1 atom stereocenters. The maximum absolute atomic E-state index is 9.15. The van der Waals surface area contributed by atoms with Crippen molar-refractivity contribution in [2.75, 3.05) is 93.0 Å². The average molecular weight is 434 g/mol. The Bertz CT molecular complexity index is 284. The van der Waals surface area contributed by atoms with Gasteiger partial charge in [-0.3, -0.25) is 0 Å². The van der Waals surface area contributed by atoms with E-state index in [0.717, 1.165) is 7.11 Å². The van der Waals surface area contributed by atoms with Gasteiger partial charge in [-0.15, -0.1) is 0 Å². The molecule has 1 unspecified atom stereocenters. The van der Waals surface area contributed by atoms with Crippen molar-refractivity contribution in [3.63, 3.8) is 0 Å². The van der Waals surface area contributed by atoms with E-state index in [1.807, 2.05) is 0 Å². The van der Waals surface area contributed by atoms with Crippen LogP contribution < -0.4 is 0 Å². The molecule has 0 aliphatic heterocycles. The molecular weight excluding hydrogens is 396 g/mol. The third-order valence-electron chi connectivity index (χ3n) is 2.36. The van der Waals surface area contributed by atoms with Crippen molar-refractivity contribution in [2.45, 2.75) is 13.0 Å². The average Bonchev–Trinajstić information content (AvgIpc) is 2.70. The third-order valence-corrected chi connectivity index (χ3v) is 2.36. The maximum Gasteiger partial charge on any atom is 0.505 e. The topological polar surface area (TPSA) is 174 Å². The standard InChI is InChI=1S/C9H20O5.C6H14O4.C2H4O3/c1-9(11)8-14-7-6-13-5-4-12-3-2-10;7-1-3-9-5-6-10-4-2-8;1-5-2(3)4/h9-11H,2-8H2,1H3;7-8H,1-6H2;1H3,(H,3,4). The maximum atomic E-state index is 9.15. The van der Waals surface area contributed by atoms with Crippen LogP contribution in [-0.2, 0) is 28.4 Å². The van der Waals surface area contributed by atoms with Crippen molar-refractivity contribution in [2.24, 2.45) is 0 Å². The summed E-state index contributed by atoms with van der Waals surface area (Å²) in [5.41, 5.74) is 0. The molecule has 0 heterocycles. The summed E-state index contributed by atoms with van der Waals surface area (Å²) in [5.74, 6) is 0. The lowest BCUT2D eigenvalue weighted by atomic mass is 10.4. The van der Waals surface area contributed by atoms with Crippen LogP contribution in [-0.4, -0.2) is 131 Å². The Kier molecular flexibility index (Phi) is 35.5. The number of ether oxygens (including phenoxy) is 6. The lowest BCUT2D eigenvalue weighted by Crippen LogP contribution is -2.15. The second-order valence-electron chi connectivity index (χ2n) is 5.01. The summed E-state index contributed by atoms with van der Waals surface area (Å²) in [6.07, 6.45) is -1.67. The Balaban J connectivity index is -0.000000392. The van der Waals surface area contributed by atoms with E-state index >= 15 is 0 Å². The van der Waals surface area contributed by atoms with Crippen LogP contribution in [0.2, 0.25) is 0 Å². The van der Waals surface area contributed by atoms with Gasteiger partial charge in [0, 0.05) is 0 Å². The Hall–Kier alpha value is -1.09. The minimum absolute atomic E-state index is 0.0392. The molecule has 0 aromatic heterocycles. The molecule has 0 fully saturated rings. The monoisotopic (exact) mass is 434 g/mol. The molecule has 12 nitrogen and oxygen atoms in total. The van der Waals surface area contributed by atoms with Crippen LogP contribution in [0.15, 0.2) is 0 Å². The molecule has 0 amide bonds. The number of carbonyl (C=O) groups is 1. The molecular formula is C17H38O12. The quantitative estimate of drug-likeness (QED) is 0.136. The van der Waals surface area contributed by atoms with E-state index in [-0.39, 0.29) is 19.8 Å². The van der Waals surface area contributed by atoms with Gasteiger partial charge in [-0.2, -0.15) is 0 Å². The fraction of sp³-hybridized carbons (Fsp3) is 0.941. The Labute approximate surface area is 171 Å². The van der Waals surface area contributed by atoms with Crippen LogP contribution in [0.5, 0.6) is 0 Å². The first-order chi connectivity index (χ1) is 14.0. The summed E-state index contributed by atoms with van der Waals surface area (Å²) < 4.78 is 28.6. The Morgan fingerprint density at radius 2 is 0.966 bits per heavy atom. The lowest BCUT2D eigenvalue weighted by molar-refractivity contribution is -0.00922. The molecule has 178 valence electrons. The number of hydrogen-bond donors (Lipinski definition) is 5. The Morgan fingerprint density at radius 3 is 1.21 bits per heavy atom. The molecule has 0 saturated heterocycles. The number of carboxylic acid groups (broad SMARTS) is 1. The fourth-order valence-electron chi connectivity index (χ4n) is 1.21. The van der Waals surface area contributed by atoms with E-state index < -0.39 is 12.3 Å². The van der Waals surface area contributed by atoms with E-state index in [1.54, 1.807) is 6.92 Å². The predicted molar refractivity (Wildman–Crippen MR) is 102 cm³/mol. The molecule has 0 radical (unpaired) electrons.